The van der Waals surface area contributed by atoms with E-state index in [0.29, 0.717) is 6.54 Å². The molecule has 0 spiro atoms. The van der Waals surface area contributed by atoms with E-state index in [9.17, 15) is 4.79 Å². The molecule has 0 aliphatic carbocycles. The highest BCUT2D eigenvalue weighted by molar-refractivity contribution is 5.79. The van der Waals surface area contributed by atoms with Crippen LogP contribution in [0.5, 0.6) is 0 Å². The molecule has 0 saturated carbocycles. The smallest absolute Gasteiger partial charge is 0.224 e. The summed E-state index contributed by atoms with van der Waals surface area (Å²) >= 11 is 0. The summed E-state index contributed by atoms with van der Waals surface area (Å²) in [6.45, 7) is 7.82. The molecule has 0 bridgehead atoms. The third kappa shape index (κ3) is 3.53. The maximum Gasteiger partial charge on any atom is 0.224 e. The number of nitrogens with two attached hydrogens (primary N) is 1. The Kier molecular flexibility index (Phi) is 5.37. The molecule has 0 rings (SSSR count). The third-order valence-electron chi connectivity index (χ3n) is 1.87. The van der Waals surface area contributed by atoms with Crippen molar-refractivity contribution >= 4 is 5.91 Å². The monoisotopic (exact) mass is 170 g/mol. The minimum absolute atomic E-state index is 0.0207. The summed E-state index contributed by atoms with van der Waals surface area (Å²) in [5.41, 5.74) is 5.41. The van der Waals surface area contributed by atoms with Gasteiger partial charge in [-0.15, -0.1) is 6.58 Å². The summed E-state index contributed by atoms with van der Waals surface area (Å²) in [7, 11) is 0. The molecule has 0 aliphatic heterocycles. The highest BCUT2D eigenvalue weighted by Crippen LogP contribution is 2.00. The molecule has 0 saturated heterocycles. The average Bonchev–Trinajstić information content (AvgIpc) is 2.06. The van der Waals surface area contributed by atoms with E-state index in [2.05, 4.69) is 11.9 Å². The number of carbonyl (C=O) groups excluding carboxylic acids is 1. The lowest BCUT2D eigenvalue weighted by molar-refractivity contribution is -0.125. The Bertz CT molecular complexity index is 153. The molecule has 3 heteroatoms. The first kappa shape index (κ1) is 11.2. The zero-order valence-corrected chi connectivity index (χ0v) is 7.84. The second-order valence-corrected chi connectivity index (χ2v) is 2.87. The average molecular weight is 170 g/mol. The molecule has 70 valence electrons. The number of carbonyl (C=O) groups is 1. The van der Waals surface area contributed by atoms with Gasteiger partial charge in [0.1, 0.15) is 0 Å². The van der Waals surface area contributed by atoms with Crippen LogP contribution in [0.1, 0.15) is 20.3 Å². The van der Waals surface area contributed by atoms with Crippen LogP contribution in [0.2, 0.25) is 0 Å². The van der Waals surface area contributed by atoms with Crippen LogP contribution in [0.25, 0.3) is 0 Å². The van der Waals surface area contributed by atoms with E-state index < -0.39 is 0 Å². The van der Waals surface area contributed by atoms with Gasteiger partial charge in [-0.05, 0) is 13.3 Å². The lowest BCUT2D eigenvalue weighted by Crippen LogP contribution is -2.38. The molecule has 0 aromatic rings. The molecule has 0 radical (unpaired) electrons. The summed E-state index contributed by atoms with van der Waals surface area (Å²) in [4.78, 5) is 11.3. The van der Waals surface area contributed by atoms with Gasteiger partial charge in [-0.1, -0.05) is 13.0 Å². The molecule has 2 atom stereocenters. The molecular formula is C9H18N2O. The van der Waals surface area contributed by atoms with Crippen molar-refractivity contribution in [1.82, 2.24) is 5.32 Å². The first-order chi connectivity index (χ1) is 5.65. The van der Waals surface area contributed by atoms with Crippen molar-refractivity contribution in [2.45, 2.75) is 26.3 Å². The van der Waals surface area contributed by atoms with Crippen LogP contribution in [-0.2, 0) is 4.79 Å². The van der Waals surface area contributed by atoms with E-state index in [0.717, 1.165) is 6.42 Å². The Morgan fingerprint density at radius 2 is 2.33 bits per heavy atom. The highest BCUT2D eigenvalue weighted by Gasteiger charge is 2.14. The molecule has 1 amide bonds. The van der Waals surface area contributed by atoms with Crippen molar-refractivity contribution in [1.29, 1.82) is 0 Å². The van der Waals surface area contributed by atoms with Crippen molar-refractivity contribution < 1.29 is 4.79 Å². The van der Waals surface area contributed by atoms with Crippen LogP contribution in [0.3, 0.4) is 0 Å². The predicted molar refractivity (Wildman–Crippen MR) is 50.6 cm³/mol. The third-order valence-corrected chi connectivity index (χ3v) is 1.87. The van der Waals surface area contributed by atoms with E-state index in [1.54, 1.807) is 6.08 Å². The van der Waals surface area contributed by atoms with Gasteiger partial charge in [-0.25, -0.2) is 0 Å². The standard InChI is InChI=1S/C9H18N2O/c1-4-7(3)11-9(12)8(5-2)6-10/h4,7-8H,1,5-6,10H2,2-3H3,(H,11,12). The molecule has 0 aromatic carbocycles. The Hall–Kier alpha value is -0.830. The fourth-order valence-electron chi connectivity index (χ4n) is 0.860. The second kappa shape index (κ2) is 5.77. The maximum absolute atomic E-state index is 11.3. The molecule has 0 aliphatic rings. The summed E-state index contributed by atoms with van der Waals surface area (Å²) in [5, 5.41) is 2.79. The van der Waals surface area contributed by atoms with Gasteiger partial charge in [0.2, 0.25) is 5.91 Å². The van der Waals surface area contributed by atoms with Crippen LogP contribution in [0, 0.1) is 5.92 Å². The summed E-state index contributed by atoms with van der Waals surface area (Å²) in [6.07, 6.45) is 2.48. The molecule has 3 N–H and O–H groups in total. The Morgan fingerprint density at radius 3 is 2.67 bits per heavy atom. The van der Waals surface area contributed by atoms with Gasteiger partial charge in [-0.2, -0.15) is 0 Å². The number of hydrogen-bond donors (Lipinski definition) is 2. The minimum atomic E-state index is -0.0626. The summed E-state index contributed by atoms with van der Waals surface area (Å²) < 4.78 is 0. The van der Waals surface area contributed by atoms with Gasteiger partial charge in [-0.3, -0.25) is 4.79 Å². The van der Waals surface area contributed by atoms with Gasteiger partial charge in [0.15, 0.2) is 0 Å². The molecular weight excluding hydrogens is 152 g/mol. The Morgan fingerprint density at radius 1 is 1.75 bits per heavy atom. The van der Waals surface area contributed by atoms with Crippen LogP contribution in [0.15, 0.2) is 12.7 Å². The fourth-order valence-corrected chi connectivity index (χ4v) is 0.860. The van der Waals surface area contributed by atoms with E-state index in [1.165, 1.54) is 0 Å². The molecule has 0 fully saturated rings. The van der Waals surface area contributed by atoms with Gasteiger partial charge < -0.3 is 11.1 Å². The van der Waals surface area contributed by atoms with E-state index in [1.807, 2.05) is 13.8 Å². The zero-order chi connectivity index (χ0) is 9.56. The lowest BCUT2D eigenvalue weighted by Gasteiger charge is -2.15. The number of amides is 1. The zero-order valence-electron chi connectivity index (χ0n) is 7.84. The van der Waals surface area contributed by atoms with E-state index in [-0.39, 0.29) is 17.9 Å². The van der Waals surface area contributed by atoms with Crippen molar-refractivity contribution in [3.05, 3.63) is 12.7 Å². The van der Waals surface area contributed by atoms with Gasteiger partial charge >= 0.3 is 0 Å². The van der Waals surface area contributed by atoms with Crippen molar-refractivity contribution in [2.24, 2.45) is 11.7 Å². The van der Waals surface area contributed by atoms with Crippen molar-refractivity contribution in [3.63, 3.8) is 0 Å². The van der Waals surface area contributed by atoms with Crippen molar-refractivity contribution in [3.8, 4) is 0 Å². The molecule has 0 aromatic heterocycles. The number of rotatable bonds is 5. The second-order valence-electron chi connectivity index (χ2n) is 2.87. The van der Waals surface area contributed by atoms with E-state index >= 15 is 0 Å². The SMILES string of the molecule is C=CC(C)NC(=O)C(CC)CN. The van der Waals surface area contributed by atoms with Crippen LogP contribution < -0.4 is 11.1 Å². The predicted octanol–water partition coefficient (Wildman–Crippen LogP) is 0.662. The molecule has 2 unspecified atom stereocenters. The largest absolute Gasteiger partial charge is 0.350 e. The normalized spacial score (nSPS) is 14.9. The molecule has 12 heavy (non-hydrogen) atoms. The van der Waals surface area contributed by atoms with Crippen LogP contribution in [0.4, 0.5) is 0 Å². The number of hydrogen-bond acceptors (Lipinski definition) is 2. The molecule has 3 nitrogen and oxygen atoms in total. The van der Waals surface area contributed by atoms with Gasteiger partial charge in [0.05, 0.1) is 0 Å². The topological polar surface area (TPSA) is 55.1 Å². The quantitative estimate of drug-likeness (QED) is 0.596. The van der Waals surface area contributed by atoms with Gasteiger partial charge in [0.25, 0.3) is 0 Å². The van der Waals surface area contributed by atoms with Gasteiger partial charge in [0, 0.05) is 18.5 Å². The fraction of sp³-hybridized carbons (Fsp3) is 0.667. The first-order valence-corrected chi connectivity index (χ1v) is 4.28. The first-order valence-electron chi connectivity index (χ1n) is 4.28. The lowest BCUT2D eigenvalue weighted by atomic mass is 10.1. The number of nitrogens with one attached hydrogen (secondary N) is 1. The summed E-state index contributed by atoms with van der Waals surface area (Å²) in [5.74, 6) is -0.0419. The minimum Gasteiger partial charge on any atom is -0.350 e. The maximum atomic E-state index is 11.3. The van der Waals surface area contributed by atoms with Crippen molar-refractivity contribution in [2.75, 3.05) is 6.54 Å². The highest BCUT2D eigenvalue weighted by atomic mass is 16.1. The Balaban J connectivity index is 3.92. The Labute approximate surface area is 74.0 Å². The van der Waals surface area contributed by atoms with Crippen LogP contribution in [-0.4, -0.2) is 18.5 Å². The molecule has 0 heterocycles. The summed E-state index contributed by atoms with van der Waals surface area (Å²) in [6, 6.07) is 0.0260. The van der Waals surface area contributed by atoms with Crippen LogP contribution >= 0.6 is 0 Å². The van der Waals surface area contributed by atoms with E-state index in [4.69, 9.17) is 5.73 Å².